The van der Waals surface area contributed by atoms with Crippen molar-refractivity contribution in [2.45, 2.75) is 32.2 Å². The number of pyridine rings is 1. The summed E-state index contributed by atoms with van der Waals surface area (Å²) in [4.78, 5) is 19.2. The number of aliphatic hydroxyl groups excluding tert-OH is 1. The summed E-state index contributed by atoms with van der Waals surface area (Å²) in [5.41, 5.74) is 3.65. The van der Waals surface area contributed by atoms with E-state index in [9.17, 15) is 10.1 Å². The van der Waals surface area contributed by atoms with Gasteiger partial charge in [0.2, 0.25) is 0 Å². The number of hydrogen-bond acceptors (Lipinski definition) is 6. The summed E-state index contributed by atoms with van der Waals surface area (Å²) in [6.07, 6.45) is 5.34. The number of rotatable bonds is 8. The smallest absolute Gasteiger partial charge is 0.185 e. The van der Waals surface area contributed by atoms with Gasteiger partial charge in [0.1, 0.15) is 11.8 Å². The highest BCUT2D eigenvalue weighted by atomic mass is 16.3. The highest BCUT2D eigenvalue weighted by Crippen LogP contribution is 2.27. The van der Waals surface area contributed by atoms with E-state index >= 15 is 0 Å². The number of carbonyl (C=O) groups excluding carboxylic acids is 1. The van der Waals surface area contributed by atoms with E-state index in [0.717, 1.165) is 42.7 Å². The predicted octanol–water partition coefficient (Wildman–Crippen LogP) is 2.45. The van der Waals surface area contributed by atoms with E-state index in [1.807, 2.05) is 24.3 Å². The van der Waals surface area contributed by atoms with Crippen LogP contribution in [-0.4, -0.2) is 42.1 Å². The lowest BCUT2D eigenvalue weighted by molar-refractivity contribution is 0.0988. The maximum Gasteiger partial charge on any atom is 0.185 e. The molecule has 2 aromatic rings. The number of carbonyl (C=O) groups is 1. The standard InChI is InChI=1S/C22H26N4O2/c23-14-19-18(5-4-6-21(19)26-10-2-1-3-11-26)13-22(28)20-8-7-17(16-25-20)15-24-9-12-27/h4-8,16,24,27H,1-3,9-13,15H2. The number of benzene rings is 1. The van der Waals surface area contributed by atoms with Crippen LogP contribution in [0.1, 0.15) is 46.4 Å². The topological polar surface area (TPSA) is 89.2 Å². The van der Waals surface area contributed by atoms with Gasteiger partial charge in [-0.25, -0.2) is 0 Å². The van der Waals surface area contributed by atoms with Gasteiger partial charge in [0.05, 0.1) is 17.9 Å². The molecule has 1 saturated heterocycles. The molecule has 28 heavy (non-hydrogen) atoms. The average molecular weight is 378 g/mol. The number of nitrogens with zero attached hydrogens (tertiary/aromatic N) is 3. The zero-order valence-electron chi connectivity index (χ0n) is 16.0. The minimum atomic E-state index is -0.0952. The van der Waals surface area contributed by atoms with Crippen molar-refractivity contribution in [2.75, 3.05) is 31.1 Å². The molecule has 1 aliphatic rings. The molecule has 1 aromatic carbocycles. The molecule has 0 spiro atoms. The van der Waals surface area contributed by atoms with Crippen molar-refractivity contribution >= 4 is 11.5 Å². The summed E-state index contributed by atoms with van der Waals surface area (Å²) in [7, 11) is 0. The Morgan fingerprint density at radius 3 is 2.71 bits per heavy atom. The number of aliphatic hydroxyl groups is 1. The van der Waals surface area contributed by atoms with Gasteiger partial charge in [-0.15, -0.1) is 0 Å². The van der Waals surface area contributed by atoms with Crippen molar-refractivity contribution in [1.29, 1.82) is 5.26 Å². The van der Waals surface area contributed by atoms with Crippen molar-refractivity contribution in [3.63, 3.8) is 0 Å². The first-order chi connectivity index (χ1) is 13.7. The molecule has 0 unspecified atom stereocenters. The van der Waals surface area contributed by atoms with Gasteiger partial charge >= 0.3 is 0 Å². The van der Waals surface area contributed by atoms with E-state index in [1.54, 1.807) is 12.3 Å². The minimum absolute atomic E-state index is 0.0850. The molecule has 1 aromatic heterocycles. The number of hydrogen-bond donors (Lipinski definition) is 2. The van der Waals surface area contributed by atoms with E-state index in [-0.39, 0.29) is 18.8 Å². The number of piperidine rings is 1. The molecule has 0 amide bonds. The largest absolute Gasteiger partial charge is 0.395 e. The van der Waals surface area contributed by atoms with Gasteiger partial charge in [0.25, 0.3) is 0 Å². The zero-order chi connectivity index (χ0) is 19.8. The van der Waals surface area contributed by atoms with Crippen LogP contribution in [0.5, 0.6) is 0 Å². The molecule has 1 aliphatic heterocycles. The van der Waals surface area contributed by atoms with Crippen molar-refractivity contribution < 1.29 is 9.90 Å². The minimum Gasteiger partial charge on any atom is -0.395 e. The third kappa shape index (κ3) is 4.94. The van der Waals surface area contributed by atoms with Crippen LogP contribution in [-0.2, 0) is 13.0 Å². The van der Waals surface area contributed by atoms with Gasteiger partial charge in [-0.2, -0.15) is 5.26 Å². The summed E-state index contributed by atoms with van der Waals surface area (Å²) in [6.45, 7) is 3.12. The van der Waals surface area contributed by atoms with Gasteiger partial charge in [-0.1, -0.05) is 18.2 Å². The second-order valence-electron chi connectivity index (χ2n) is 7.02. The molecule has 0 radical (unpaired) electrons. The molecule has 0 saturated carbocycles. The number of ketones is 1. The molecule has 6 nitrogen and oxygen atoms in total. The maximum atomic E-state index is 12.7. The molecule has 1 fully saturated rings. The number of aromatic nitrogens is 1. The monoisotopic (exact) mass is 378 g/mol. The Bertz CT molecular complexity index is 837. The summed E-state index contributed by atoms with van der Waals surface area (Å²) in [5, 5.41) is 21.6. The van der Waals surface area contributed by atoms with Crippen LogP contribution in [0.25, 0.3) is 0 Å². The Labute approximate surface area is 165 Å². The SMILES string of the molecule is N#Cc1c(CC(=O)c2ccc(CNCCO)cn2)cccc1N1CCCCC1. The quantitative estimate of drug-likeness (QED) is 0.542. The maximum absolute atomic E-state index is 12.7. The van der Waals surface area contributed by atoms with Crippen molar-refractivity contribution in [2.24, 2.45) is 0 Å². The van der Waals surface area contributed by atoms with Crippen LogP contribution in [0.15, 0.2) is 36.5 Å². The highest BCUT2D eigenvalue weighted by molar-refractivity contribution is 5.96. The molecule has 0 atom stereocenters. The van der Waals surface area contributed by atoms with Gasteiger partial charge in [-0.05, 0) is 42.5 Å². The Morgan fingerprint density at radius 1 is 1.21 bits per heavy atom. The summed E-state index contributed by atoms with van der Waals surface area (Å²) in [5.74, 6) is -0.0952. The van der Waals surface area contributed by atoms with Crippen molar-refractivity contribution in [3.8, 4) is 6.07 Å². The fourth-order valence-electron chi connectivity index (χ4n) is 3.53. The second kappa shape index (κ2) is 9.98. The molecular weight excluding hydrogens is 352 g/mol. The third-order valence-electron chi connectivity index (χ3n) is 5.02. The molecule has 6 heteroatoms. The number of nitriles is 1. The predicted molar refractivity (Wildman–Crippen MR) is 108 cm³/mol. The zero-order valence-corrected chi connectivity index (χ0v) is 16.0. The van der Waals surface area contributed by atoms with Gasteiger partial charge in [0, 0.05) is 38.8 Å². The Balaban J connectivity index is 1.72. The lowest BCUT2D eigenvalue weighted by atomic mass is 9.98. The van der Waals surface area contributed by atoms with E-state index in [1.165, 1.54) is 6.42 Å². The molecule has 3 rings (SSSR count). The van der Waals surface area contributed by atoms with E-state index < -0.39 is 0 Å². The van der Waals surface area contributed by atoms with Crippen molar-refractivity contribution in [3.05, 3.63) is 58.9 Å². The van der Waals surface area contributed by atoms with Crippen LogP contribution in [0, 0.1) is 11.3 Å². The van der Waals surface area contributed by atoms with Crippen LogP contribution in [0.3, 0.4) is 0 Å². The van der Waals surface area contributed by atoms with Gasteiger partial charge in [0.15, 0.2) is 5.78 Å². The van der Waals surface area contributed by atoms with Gasteiger partial charge < -0.3 is 15.3 Å². The van der Waals surface area contributed by atoms with Crippen molar-refractivity contribution in [1.82, 2.24) is 10.3 Å². The molecule has 0 bridgehead atoms. The fourth-order valence-corrected chi connectivity index (χ4v) is 3.53. The lowest BCUT2D eigenvalue weighted by Gasteiger charge is -2.30. The van der Waals surface area contributed by atoms with Crippen LogP contribution in [0.2, 0.25) is 0 Å². The fraction of sp³-hybridized carbons (Fsp3) is 0.409. The van der Waals surface area contributed by atoms with Crippen LogP contribution >= 0.6 is 0 Å². The first-order valence-corrected chi connectivity index (χ1v) is 9.79. The first-order valence-electron chi connectivity index (χ1n) is 9.79. The third-order valence-corrected chi connectivity index (χ3v) is 5.02. The normalized spacial score (nSPS) is 13.9. The summed E-state index contributed by atoms with van der Waals surface area (Å²) >= 11 is 0. The molecule has 2 N–H and O–H groups in total. The lowest BCUT2D eigenvalue weighted by Crippen LogP contribution is -2.30. The molecule has 146 valence electrons. The van der Waals surface area contributed by atoms with E-state index in [0.29, 0.717) is 24.3 Å². The Morgan fingerprint density at radius 2 is 2.04 bits per heavy atom. The molecule has 0 aliphatic carbocycles. The molecule has 2 heterocycles. The van der Waals surface area contributed by atoms with Crippen LogP contribution < -0.4 is 10.2 Å². The average Bonchev–Trinajstić information content (AvgIpc) is 2.75. The van der Waals surface area contributed by atoms with E-state index in [4.69, 9.17) is 5.11 Å². The molecular formula is C22H26N4O2. The summed E-state index contributed by atoms with van der Waals surface area (Å²) < 4.78 is 0. The first kappa shape index (κ1) is 20.0. The highest BCUT2D eigenvalue weighted by Gasteiger charge is 2.19. The number of Topliss-reactive ketones (excluding diaryl/α,β-unsaturated/α-hetero) is 1. The number of anilines is 1. The number of nitrogens with one attached hydrogen (secondary N) is 1. The Kier molecular flexibility index (Phi) is 7.12. The van der Waals surface area contributed by atoms with E-state index in [2.05, 4.69) is 21.3 Å². The van der Waals surface area contributed by atoms with Crippen LogP contribution in [0.4, 0.5) is 5.69 Å². The Hall–Kier alpha value is -2.75. The van der Waals surface area contributed by atoms with Gasteiger partial charge in [-0.3, -0.25) is 9.78 Å². The second-order valence-corrected chi connectivity index (χ2v) is 7.02. The summed E-state index contributed by atoms with van der Waals surface area (Å²) in [6, 6.07) is 11.7.